The van der Waals surface area contributed by atoms with Crippen LogP contribution in [0.25, 0.3) is 21.3 Å². The van der Waals surface area contributed by atoms with Crippen molar-refractivity contribution in [2.75, 3.05) is 20.3 Å². The summed E-state index contributed by atoms with van der Waals surface area (Å²) in [5.41, 5.74) is 1.79. The maximum Gasteiger partial charge on any atom is 0.257 e. The van der Waals surface area contributed by atoms with Gasteiger partial charge in [0.15, 0.2) is 0 Å². The van der Waals surface area contributed by atoms with E-state index in [1.54, 1.807) is 12.0 Å². The largest absolute Gasteiger partial charge is 0.418 e. The fraction of sp³-hybridized carbons (Fsp3) is 0.238. The van der Waals surface area contributed by atoms with Crippen LogP contribution in [-0.4, -0.2) is 46.2 Å². The first kappa shape index (κ1) is 20.4. The molecule has 0 aliphatic rings. The quantitative estimate of drug-likeness (QED) is 0.389. The summed E-state index contributed by atoms with van der Waals surface area (Å²) in [6.07, 6.45) is 0.207. The summed E-state index contributed by atoms with van der Waals surface area (Å²) in [5, 5.41) is 13.0. The summed E-state index contributed by atoms with van der Waals surface area (Å²) in [5.74, 6) is 0.796. The van der Waals surface area contributed by atoms with Gasteiger partial charge in [-0.15, -0.1) is 32.9 Å². The molecule has 0 aliphatic carbocycles. The maximum absolute atomic E-state index is 13.0. The standard InChI is InChI=1S/C21H20N4O3S2/c1-27-10-9-25(13-18-23-24-20(28-18)17-8-5-11-29-17)19(26)12-16-14-30-21(22-16)15-6-3-2-4-7-15/h2-8,11,14H,9-10,12-13H2,1H3. The van der Waals surface area contributed by atoms with Crippen LogP contribution in [0, 0.1) is 0 Å². The van der Waals surface area contributed by atoms with E-state index < -0.39 is 0 Å². The molecule has 1 amide bonds. The number of aromatic nitrogens is 3. The van der Waals surface area contributed by atoms with Gasteiger partial charge in [0.2, 0.25) is 11.8 Å². The van der Waals surface area contributed by atoms with Crippen LogP contribution in [0.2, 0.25) is 0 Å². The van der Waals surface area contributed by atoms with Crippen molar-refractivity contribution in [2.24, 2.45) is 0 Å². The van der Waals surface area contributed by atoms with E-state index in [4.69, 9.17) is 9.15 Å². The third-order valence-corrected chi connectivity index (χ3v) is 6.15. The van der Waals surface area contributed by atoms with Crippen LogP contribution in [-0.2, 0) is 22.5 Å². The minimum Gasteiger partial charge on any atom is -0.418 e. The van der Waals surface area contributed by atoms with E-state index in [0.717, 1.165) is 21.1 Å². The van der Waals surface area contributed by atoms with Crippen molar-refractivity contribution in [1.29, 1.82) is 0 Å². The molecule has 0 bridgehead atoms. The minimum absolute atomic E-state index is 0.0622. The second-order valence-corrected chi connectivity index (χ2v) is 8.28. The lowest BCUT2D eigenvalue weighted by molar-refractivity contribution is -0.132. The molecule has 4 rings (SSSR count). The number of hydrogen-bond donors (Lipinski definition) is 0. The highest BCUT2D eigenvalue weighted by Crippen LogP contribution is 2.25. The highest BCUT2D eigenvalue weighted by Gasteiger charge is 2.20. The first-order chi connectivity index (χ1) is 14.7. The molecule has 0 fully saturated rings. The monoisotopic (exact) mass is 440 g/mol. The van der Waals surface area contributed by atoms with E-state index in [1.165, 1.54) is 22.7 Å². The van der Waals surface area contributed by atoms with Gasteiger partial charge in [-0.25, -0.2) is 4.98 Å². The minimum atomic E-state index is -0.0622. The Balaban J connectivity index is 1.44. The maximum atomic E-state index is 13.0. The Hall–Kier alpha value is -2.88. The number of hydrogen-bond acceptors (Lipinski definition) is 8. The third kappa shape index (κ3) is 4.99. The number of methoxy groups -OCH3 is 1. The third-order valence-electron chi connectivity index (χ3n) is 4.35. The summed E-state index contributed by atoms with van der Waals surface area (Å²) in [6.45, 7) is 1.09. The Morgan fingerprint density at radius 2 is 2.00 bits per heavy atom. The van der Waals surface area contributed by atoms with E-state index in [2.05, 4.69) is 15.2 Å². The van der Waals surface area contributed by atoms with Gasteiger partial charge in [0.1, 0.15) is 5.01 Å². The fourth-order valence-electron chi connectivity index (χ4n) is 2.84. The first-order valence-electron chi connectivity index (χ1n) is 9.35. The molecule has 0 atom stereocenters. The molecule has 3 aromatic heterocycles. The van der Waals surface area contributed by atoms with E-state index in [0.29, 0.717) is 24.9 Å². The molecule has 0 spiro atoms. The second kappa shape index (κ2) is 9.75. The average molecular weight is 441 g/mol. The highest BCUT2D eigenvalue weighted by atomic mass is 32.1. The van der Waals surface area contributed by atoms with Crippen LogP contribution in [0.3, 0.4) is 0 Å². The SMILES string of the molecule is COCCN(Cc1nnc(-c2cccs2)o1)C(=O)Cc1csc(-c2ccccc2)n1. The summed E-state index contributed by atoms with van der Waals surface area (Å²) < 4.78 is 10.9. The Morgan fingerprint density at radius 3 is 2.77 bits per heavy atom. The van der Waals surface area contributed by atoms with Crippen molar-refractivity contribution < 1.29 is 13.9 Å². The van der Waals surface area contributed by atoms with E-state index >= 15 is 0 Å². The fourth-order valence-corrected chi connectivity index (χ4v) is 4.31. The number of thiophene rings is 1. The summed E-state index contributed by atoms with van der Waals surface area (Å²) >= 11 is 3.06. The molecule has 4 aromatic rings. The van der Waals surface area contributed by atoms with Crippen LogP contribution >= 0.6 is 22.7 Å². The van der Waals surface area contributed by atoms with Gasteiger partial charge in [-0.05, 0) is 11.4 Å². The van der Waals surface area contributed by atoms with Crippen LogP contribution in [0.15, 0.2) is 57.6 Å². The Kier molecular flexibility index (Phi) is 6.63. The molecular formula is C21H20N4O3S2. The summed E-state index contributed by atoms with van der Waals surface area (Å²) in [7, 11) is 1.61. The van der Waals surface area contributed by atoms with Gasteiger partial charge in [-0.1, -0.05) is 36.4 Å². The van der Waals surface area contributed by atoms with Gasteiger partial charge in [0.05, 0.1) is 30.1 Å². The van der Waals surface area contributed by atoms with Gasteiger partial charge in [0, 0.05) is 24.6 Å². The van der Waals surface area contributed by atoms with Gasteiger partial charge >= 0.3 is 0 Å². The molecule has 0 aliphatic heterocycles. The smallest absolute Gasteiger partial charge is 0.257 e. The highest BCUT2D eigenvalue weighted by molar-refractivity contribution is 7.13. The van der Waals surface area contributed by atoms with E-state index in [-0.39, 0.29) is 18.9 Å². The normalized spacial score (nSPS) is 11.0. The van der Waals surface area contributed by atoms with Crippen molar-refractivity contribution in [3.05, 3.63) is 64.8 Å². The first-order valence-corrected chi connectivity index (χ1v) is 11.1. The van der Waals surface area contributed by atoms with Crippen LogP contribution in [0.4, 0.5) is 0 Å². The number of carbonyl (C=O) groups is 1. The molecule has 7 nitrogen and oxygen atoms in total. The molecule has 0 saturated carbocycles. The van der Waals surface area contributed by atoms with Crippen LogP contribution in [0.1, 0.15) is 11.6 Å². The van der Waals surface area contributed by atoms with Crippen LogP contribution < -0.4 is 0 Å². The molecular weight excluding hydrogens is 420 g/mol. The van der Waals surface area contributed by atoms with Gasteiger partial charge in [-0.2, -0.15) is 0 Å². The molecule has 30 heavy (non-hydrogen) atoms. The number of ether oxygens (including phenoxy) is 1. The lowest BCUT2D eigenvalue weighted by Crippen LogP contribution is -2.34. The van der Waals surface area contributed by atoms with E-state index in [9.17, 15) is 4.79 Å². The number of rotatable bonds is 9. The topological polar surface area (TPSA) is 81.4 Å². The second-order valence-electron chi connectivity index (χ2n) is 6.47. The van der Waals surface area contributed by atoms with Gasteiger partial charge in [0.25, 0.3) is 5.89 Å². The Bertz CT molecular complexity index is 1080. The number of nitrogens with zero attached hydrogens (tertiary/aromatic N) is 4. The van der Waals surface area contributed by atoms with Crippen molar-refractivity contribution >= 4 is 28.6 Å². The molecule has 3 heterocycles. The number of amides is 1. The lowest BCUT2D eigenvalue weighted by Gasteiger charge is -2.20. The zero-order chi connectivity index (χ0) is 20.8. The van der Waals surface area contributed by atoms with Gasteiger partial charge < -0.3 is 14.1 Å². The number of benzene rings is 1. The molecule has 154 valence electrons. The molecule has 0 saturated heterocycles. The van der Waals surface area contributed by atoms with Crippen molar-refractivity contribution in [3.8, 4) is 21.3 Å². The predicted octanol–water partition coefficient (Wildman–Crippen LogP) is 4.14. The molecule has 9 heteroatoms. The zero-order valence-electron chi connectivity index (χ0n) is 16.4. The summed E-state index contributed by atoms with van der Waals surface area (Å²) in [4.78, 5) is 20.1. The zero-order valence-corrected chi connectivity index (χ0v) is 18.0. The number of carbonyl (C=O) groups excluding carboxylic acids is 1. The van der Waals surface area contributed by atoms with Gasteiger partial charge in [-0.3, -0.25) is 4.79 Å². The van der Waals surface area contributed by atoms with E-state index in [1.807, 2.05) is 53.2 Å². The van der Waals surface area contributed by atoms with Crippen LogP contribution in [0.5, 0.6) is 0 Å². The average Bonchev–Trinajstić information content (AvgIpc) is 3.53. The van der Waals surface area contributed by atoms with Crippen molar-refractivity contribution in [2.45, 2.75) is 13.0 Å². The van der Waals surface area contributed by atoms with Crippen molar-refractivity contribution in [3.63, 3.8) is 0 Å². The predicted molar refractivity (Wildman–Crippen MR) is 116 cm³/mol. The Morgan fingerprint density at radius 1 is 1.13 bits per heavy atom. The molecule has 0 N–H and O–H groups in total. The lowest BCUT2D eigenvalue weighted by atomic mass is 10.2. The molecule has 0 unspecified atom stereocenters. The Labute approximate surface area is 182 Å². The van der Waals surface area contributed by atoms with Crippen molar-refractivity contribution in [1.82, 2.24) is 20.1 Å². The number of thiazole rings is 1. The molecule has 0 radical (unpaired) electrons. The molecule has 1 aromatic carbocycles. The summed E-state index contributed by atoms with van der Waals surface area (Å²) in [6, 6.07) is 13.8.